The van der Waals surface area contributed by atoms with Crippen LogP contribution < -0.4 is 5.32 Å². The summed E-state index contributed by atoms with van der Waals surface area (Å²) < 4.78 is 0. The molecule has 30 heavy (non-hydrogen) atoms. The van der Waals surface area contributed by atoms with Crippen LogP contribution in [0.5, 0.6) is 0 Å². The highest BCUT2D eigenvalue weighted by Crippen LogP contribution is 2.66. The van der Waals surface area contributed by atoms with Crippen molar-refractivity contribution in [2.24, 2.45) is 52.3 Å². The second-order valence-electron chi connectivity index (χ2n) is 12.5. The summed E-state index contributed by atoms with van der Waals surface area (Å²) in [6, 6.07) is 0. The summed E-state index contributed by atoms with van der Waals surface area (Å²) in [4.78, 5) is 12.5. The lowest BCUT2D eigenvalue weighted by molar-refractivity contribution is -0.131. The Morgan fingerprint density at radius 2 is 1.87 bits per heavy atom. The zero-order valence-corrected chi connectivity index (χ0v) is 20.6. The normalized spacial score (nSPS) is 44.0. The maximum Gasteiger partial charge on any atom is 0.227 e. The first-order valence-corrected chi connectivity index (χ1v) is 13.2. The van der Waals surface area contributed by atoms with Crippen LogP contribution >= 0.6 is 0 Å². The van der Waals surface area contributed by atoms with E-state index in [0.717, 1.165) is 48.3 Å². The second-order valence-corrected chi connectivity index (χ2v) is 12.5. The van der Waals surface area contributed by atoms with Gasteiger partial charge in [0.1, 0.15) is 0 Å². The summed E-state index contributed by atoms with van der Waals surface area (Å²) in [6.07, 6.45) is 15.6. The number of hydrogen-bond acceptors (Lipinski definition) is 1. The predicted molar refractivity (Wildman–Crippen MR) is 126 cm³/mol. The number of allylic oxidation sites excluding steroid dienone is 2. The highest BCUT2D eigenvalue weighted by Gasteiger charge is 2.59. The van der Waals surface area contributed by atoms with Gasteiger partial charge < -0.3 is 5.32 Å². The van der Waals surface area contributed by atoms with Crippen molar-refractivity contribution in [3.8, 4) is 0 Å². The van der Waals surface area contributed by atoms with E-state index >= 15 is 0 Å². The minimum absolute atomic E-state index is 0.194. The largest absolute Gasteiger partial charge is 0.329 e. The summed E-state index contributed by atoms with van der Waals surface area (Å²) in [5.74, 6) is 5.60. The Morgan fingerprint density at radius 1 is 1.10 bits per heavy atom. The van der Waals surface area contributed by atoms with Crippen molar-refractivity contribution in [1.82, 2.24) is 5.32 Å². The van der Waals surface area contributed by atoms with Crippen molar-refractivity contribution >= 4 is 5.91 Å². The van der Waals surface area contributed by atoms with E-state index < -0.39 is 0 Å². The molecule has 3 fully saturated rings. The summed E-state index contributed by atoms with van der Waals surface area (Å²) >= 11 is 0. The predicted octanol–water partition coefficient (Wildman–Crippen LogP) is 7.35. The minimum atomic E-state index is 0.194. The van der Waals surface area contributed by atoms with Gasteiger partial charge in [-0.1, -0.05) is 66.9 Å². The number of nitrogens with one attached hydrogen (secondary N) is 1. The molecule has 1 N–H and O–H groups in total. The fraction of sp³-hybridized carbons (Fsp3) is 0.893. The third-order valence-electron chi connectivity index (χ3n) is 10.5. The molecule has 4 aliphatic rings. The fourth-order valence-corrected chi connectivity index (χ4v) is 8.74. The lowest BCUT2D eigenvalue weighted by Gasteiger charge is -2.58. The molecular weight excluding hydrogens is 366 g/mol. The molecule has 1 aliphatic heterocycles. The Morgan fingerprint density at radius 3 is 2.57 bits per heavy atom. The first kappa shape index (κ1) is 22.4. The van der Waals surface area contributed by atoms with Crippen LogP contribution in [0.1, 0.15) is 106 Å². The fourth-order valence-electron chi connectivity index (χ4n) is 8.74. The zero-order valence-electron chi connectivity index (χ0n) is 20.6. The van der Waals surface area contributed by atoms with Gasteiger partial charge in [0, 0.05) is 17.0 Å². The quantitative estimate of drug-likeness (QED) is 0.484. The molecule has 2 heteroatoms. The van der Waals surface area contributed by atoms with Gasteiger partial charge in [0.15, 0.2) is 0 Å². The maximum absolute atomic E-state index is 12.5. The van der Waals surface area contributed by atoms with Crippen molar-refractivity contribution < 1.29 is 4.79 Å². The lowest BCUT2D eigenvalue weighted by Crippen LogP contribution is -2.55. The van der Waals surface area contributed by atoms with E-state index in [1.54, 1.807) is 0 Å². The number of carbonyl (C=O) groups excluding carboxylic acids is 1. The first-order valence-electron chi connectivity index (χ1n) is 13.2. The summed E-state index contributed by atoms with van der Waals surface area (Å²) in [5, 5.41) is 3.34. The molecule has 1 saturated heterocycles. The topological polar surface area (TPSA) is 29.1 Å². The molecule has 0 spiro atoms. The Bertz CT molecular complexity index is 680. The van der Waals surface area contributed by atoms with Crippen molar-refractivity contribution in [2.45, 2.75) is 106 Å². The van der Waals surface area contributed by atoms with Gasteiger partial charge in [0.05, 0.1) is 0 Å². The Kier molecular flexibility index (Phi) is 6.19. The van der Waals surface area contributed by atoms with Gasteiger partial charge in [0.25, 0.3) is 0 Å². The smallest absolute Gasteiger partial charge is 0.227 e. The zero-order chi connectivity index (χ0) is 21.7. The SMILES string of the molecule is CCC1C[C@@]2(C)C(=CC[C@H]3[C@@H]4CC[C@H]([C@H](C)CCCC(C)C)[C@@]4(C)CC[C@@H]32)NC1=O. The molecule has 2 nitrogen and oxygen atoms in total. The molecule has 0 aromatic rings. The van der Waals surface area contributed by atoms with E-state index in [4.69, 9.17) is 0 Å². The van der Waals surface area contributed by atoms with Gasteiger partial charge >= 0.3 is 0 Å². The first-order chi connectivity index (χ1) is 14.2. The molecule has 8 atom stereocenters. The minimum Gasteiger partial charge on any atom is -0.329 e. The highest BCUT2D eigenvalue weighted by molar-refractivity contribution is 5.82. The van der Waals surface area contributed by atoms with Crippen LogP contribution in [0.2, 0.25) is 0 Å². The molecule has 0 aromatic heterocycles. The van der Waals surface area contributed by atoms with Crippen LogP contribution in [0.3, 0.4) is 0 Å². The number of amides is 1. The molecule has 0 bridgehead atoms. The number of rotatable bonds is 6. The van der Waals surface area contributed by atoms with Crippen molar-refractivity contribution in [1.29, 1.82) is 0 Å². The van der Waals surface area contributed by atoms with Crippen molar-refractivity contribution in [3.05, 3.63) is 11.8 Å². The summed E-state index contributed by atoms with van der Waals surface area (Å²) in [7, 11) is 0. The molecule has 0 radical (unpaired) electrons. The molecular formula is C28H47NO. The van der Waals surface area contributed by atoms with Crippen molar-refractivity contribution in [2.75, 3.05) is 0 Å². The van der Waals surface area contributed by atoms with Gasteiger partial charge in [-0.2, -0.15) is 0 Å². The third kappa shape index (κ3) is 3.58. The molecule has 0 aromatic carbocycles. The number of hydrogen-bond donors (Lipinski definition) is 1. The van der Waals surface area contributed by atoms with Crippen LogP contribution in [0.15, 0.2) is 11.8 Å². The van der Waals surface area contributed by atoms with Gasteiger partial charge in [-0.3, -0.25) is 4.79 Å². The van der Waals surface area contributed by atoms with E-state index in [1.165, 1.54) is 57.1 Å². The summed E-state index contributed by atoms with van der Waals surface area (Å²) in [6.45, 7) is 14.6. The van der Waals surface area contributed by atoms with Crippen LogP contribution in [0.25, 0.3) is 0 Å². The van der Waals surface area contributed by atoms with Crippen LogP contribution in [-0.4, -0.2) is 5.91 Å². The van der Waals surface area contributed by atoms with Crippen LogP contribution in [0, 0.1) is 52.3 Å². The van der Waals surface area contributed by atoms with Gasteiger partial charge in [0.2, 0.25) is 5.91 Å². The van der Waals surface area contributed by atoms with E-state index in [2.05, 4.69) is 52.9 Å². The molecule has 2 saturated carbocycles. The summed E-state index contributed by atoms with van der Waals surface area (Å²) in [5.41, 5.74) is 2.01. The Hall–Kier alpha value is -0.790. The maximum atomic E-state index is 12.5. The van der Waals surface area contributed by atoms with Gasteiger partial charge in [-0.05, 0) is 85.9 Å². The average molecular weight is 414 g/mol. The van der Waals surface area contributed by atoms with E-state index in [-0.39, 0.29) is 17.2 Å². The van der Waals surface area contributed by atoms with E-state index in [1.807, 2.05) is 0 Å². The van der Waals surface area contributed by atoms with Gasteiger partial charge in [-0.15, -0.1) is 0 Å². The standard InChI is InChI=1S/C28H47NO/c1-7-20-17-28(6)24-15-16-27(5)22(19(4)10-8-9-18(2)3)12-13-23(27)21(24)11-14-25(28)29-26(20)30/h14,18-24H,7-13,15-17H2,1-6H3,(H,29,30)/t19-,20?,21+,22-,23+,24+,27-,28-/m1/s1. The monoisotopic (exact) mass is 413 g/mol. The number of piperidine rings is 1. The lowest BCUT2D eigenvalue weighted by atomic mass is 9.48. The van der Waals surface area contributed by atoms with Crippen molar-refractivity contribution in [3.63, 3.8) is 0 Å². The molecule has 1 amide bonds. The Balaban J connectivity index is 1.51. The third-order valence-corrected chi connectivity index (χ3v) is 10.5. The molecule has 3 aliphatic carbocycles. The number of carbonyl (C=O) groups is 1. The molecule has 4 rings (SSSR count). The van der Waals surface area contributed by atoms with Crippen LogP contribution in [-0.2, 0) is 4.79 Å². The Labute approximate surface area is 186 Å². The number of fused-ring (bicyclic) bond motifs is 5. The van der Waals surface area contributed by atoms with Crippen LogP contribution in [0.4, 0.5) is 0 Å². The second kappa shape index (κ2) is 8.28. The molecule has 170 valence electrons. The molecule has 1 unspecified atom stereocenters. The average Bonchev–Trinajstić information content (AvgIpc) is 3.05. The van der Waals surface area contributed by atoms with Gasteiger partial charge in [-0.25, -0.2) is 0 Å². The molecule has 1 heterocycles. The van der Waals surface area contributed by atoms with E-state index in [9.17, 15) is 4.79 Å². The highest BCUT2D eigenvalue weighted by atomic mass is 16.2. The van der Waals surface area contributed by atoms with E-state index in [0.29, 0.717) is 5.41 Å².